The van der Waals surface area contributed by atoms with Crippen LogP contribution < -0.4 is 16.0 Å². The molecule has 0 aliphatic carbocycles. The molecule has 0 aliphatic rings. The van der Waals surface area contributed by atoms with Crippen molar-refractivity contribution in [3.63, 3.8) is 0 Å². The van der Waals surface area contributed by atoms with Crippen LogP contribution in [0, 0.1) is 12.8 Å². The van der Waals surface area contributed by atoms with Gasteiger partial charge in [-0.05, 0) is 12.8 Å². The lowest BCUT2D eigenvalue weighted by Crippen LogP contribution is -2.40. The van der Waals surface area contributed by atoms with Crippen LogP contribution in [0.4, 0.5) is 10.6 Å². The molecular formula is C11H18N4O3. The van der Waals surface area contributed by atoms with Crippen LogP contribution >= 0.6 is 0 Å². The van der Waals surface area contributed by atoms with E-state index in [-0.39, 0.29) is 12.5 Å². The summed E-state index contributed by atoms with van der Waals surface area (Å²) < 4.78 is 4.78. The molecule has 1 aromatic rings. The molecule has 0 unspecified atom stereocenters. The number of carbonyl (C=O) groups excluding carboxylic acids is 2. The van der Waals surface area contributed by atoms with Crippen molar-refractivity contribution in [2.45, 2.75) is 20.8 Å². The zero-order chi connectivity index (χ0) is 13.5. The highest BCUT2D eigenvalue weighted by molar-refractivity contribution is 5.91. The van der Waals surface area contributed by atoms with Gasteiger partial charge in [0, 0.05) is 12.6 Å². The van der Waals surface area contributed by atoms with Gasteiger partial charge in [-0.15, -0.1) is 0 Å². The van der Waals surface area contributed by atoms with Gasteiger partial charge in [0.15, 0.2) is 5.82 Å². The van der Waals surface area contributed by atoms with Crippen molar-refractivity contribution in [2.24, 2.45) is 5.92 Å². The Balaban J connectivity index is 2.22. The van der Waals surface area contributed by atoms with Crippen molar-refractivity contribution in [1.29, 1.82) is 0 Å². The predicted octanol–water partition coefficient (Wildman–Crippen LogP) is 0.877. The second kappa shape index (κ2) is 6.63. The maximum absolute atomic E-state index is 11.4. The first kappa shape index (κ1) is 14.0. The molecule has 18 heavy (non-hydrogen) atoms. The highest BCUT2D eigenvalue weighted by Crippen LogP contribution is 2.06. The number of rotatable bonds is 5. The molecule has 7 heteroatoms. The summed E-state index contributed by atoms with van der Waals surface area (Å²) in [6, 6.07) is 1.08. The molecule has 1 aromatic heterocycles. The third kappa shape index (κ3) is 5.33. The summed E-state index contributed by atoms with van der Waals surface area (Å²) >= 11 is 0. The highest BCUT2D eigenvalue weighted by atomic mass is 16.5. The van der Waals surface area contributed by atoms with Gasteiger partial charge in [0.05, 0.1) is 6.54 Å². The molecule has 1 rings (SSSR count). The van der Waals surface area contributed by atoms with E-state index in [1.54, 1.807) is 13.0 Å². The highest BCUT2D eigenvalue weighted by Gasteiger charge is 2.07. The summed E-state index contributed by atoms with van der Waals surface area (Å²) in [6.45, 7) is 6.22. The number of carbonyl (C=O) groups is 2. The van der Waals surface area contributed by atoms with Gasteiger partial charge in [-0.1, -0.05) is 19.0 Å². The van der Waals surface area contributed by atoms with E-state index in [1.807, 2.05) is 13.8 Å². The van der Waals surface area contributed by atoms with Crippen LogP contribution in [0.3, 0.4) is 0 Å². The second-order valence-electron chi connectivity index (χ2n) is 4.33. The Morgan fingerprint density at radius 3 is 2.67 bits per heavy atom. The molecule has 3 amide bonds. The van der Waals surface area contributed by atoms with Crippen molar-refractivity contribution < 1.29 is 14.1 Å². The minimum Gasteiger partial charge on any atom is -0.360 e. The monoisotopic (exact) mass is 254 g/mol. The largest absolute Gasteiger partial charge is 0.360 e. The zero-order valence-corrected chi connectivity index (χ0v) is 10.7. The molecule has 100 valence electrons. The van der Waals surface area contributed by atoms with E-state index in [9.17, 15) is 9.59 Å². The van der Waals surface area contributed by atoms with Crippen LogP contribution in [0.1, 0.15) is 19.6 Å². The fourth-order valence-electron chi connectivity index (χ4n) is 1.13. The summed E-state index contributed by atoms with van der Waals surface area (Å²) in [5, 5.41) is 11.2. The molecule has 0 bridgehead atoms. The summed E-state index contributed by atoms with van der Waals surface area (Å²) in [5.41, 5.74) is 0. The number of nitrogens with zero attached hydrogens (tertiary/aromatic N) is 1. The van der Waals surface area contributed by atoms with Crippen molar-refractivity contribution in [2.75, 3.05) is 18.4 Å². The fraction of sp³-hybridized carbons (Fsp3) is 0.545. The van der Waals surface area contributed by atoms with Gasteiger partial charge in [0.25, 0.3) is 0 Å². The summed E-state index contributed by atoms with van der Waals surface area (Å²) in [7, 11) is 0. The van der Waals surface area contributed by atoms with E-state index < -0.39 is 6.03 Å². The molecule has 0 saturated heterocycles. The minimum atomic E-state index is -0.497. The van der Waals surface area contributed by atoms with Crippen LogP contribution in [-0.4, -0.2) is 30.2 Å². The van der Waals surface area contributed by atoms with Gasteiger partial charge in [0.2, 0.25) is 5.91 Å². The summed E-state index contributed by atoms with van der Waals surface area (Å²) in [5.74, 6) is 1.06. The van der Waals surface area contributed by atoms with E-state index >= 15 is 0 Å². The molecule has 7 nitrogen and oxygen atoms in total. The van der Waals surface area contributed by atoms with Crippen molar-refractivity contribution in [1.82, 2.24) is 15.8 Å². The molecule has 0 aromatic carbocycles. The number of anilines is 1. The van der Waals surface area contributed by atoms with Crippen LogP contribution in [-0.2, 0) is 4.79 Å². The molecule has 0 spiro atoms. The van der Waals surface area contributed by atoms with E-state index in [4.69, 9.17) is 4.52 Å². The number of aryl methyl sites for hydroxylation is 1. The maximum Gasteiger partial charge on any atom is 0.320 e. The van der Waals surface area contributed by atoms with E-state index in [0.717, 1.165) is 0 Å². The normalized spacial score (nSPS) is 10.2. The second-order valence-corrected chi connectivity index (χ2v) is 4.33. The SMILES string of the molecule is Cc1cc(NC(=O)NCC(=O)NCC(C)C)no1. The number of urea groups is 1. The van der Waals surface area contributed by atoms with Gasteiger partial charge in [-0.25, -0.2) is 4.79 Å². The van der Waals surface area contributed by atoms with Gasteiger partial charge in [0.1, 0.15) is 5.76 Å². The lowest BCUT2D eigenvalue weighted by molar-refractivity contribution is -0.120. The summed E-state index contributed by atoms with van der Waals surface area (Å²) in [4.78, 5) is 22.7. The van der Waals surface area contributed by atoms with Crippen LogP contribution in [0.15, 0.2) is 10.6 Å². The molecule has 0 fully saturated rings. The quantitative estimate of drug-likeness (QED) is 0.726. The zero-order valence-electron chi connectivity index (χ0n) is 10.7. The Bertz CT molecular complexity index is 414. The number of nitrogens with one attached hydrogen (secondary N) is 3. The molecule has 0 aliphatic heterocycles. The number of aromatic nitrogens is 1. The van der Waals surface area contributed by atoms with Gasteiger partial charge < -0.3 is 15.2 Å². The molecule has 0 saturated carbocycles. The Hall–Kier alpha value is -2.05. The maximum atomic E-state index is 11.4. The first-order valence-electron chi connectivity index (χ1n) is 5.72. The molecule has 1 heterocycles. The van der Waals surface area contributed by atoms with Gasteiger partial charge in [-0.2, -0.15) is 0 Å². The van der Waals surface area contributed by atoms with Crippen molar-refractivity contribution >= 4 is 17.8 Å². The molecular weight excluding hydrogens is 236 g/mol. The lowest BCUT2D eigenvalue weighted by Gasteiger charge is -2.08. The summed E-state index contributed by atoms with van der Waals surface area (Å²) in [6.07, 6.45) is 0. The Morgan fingerprint density at radius 1 is 1.39 bits per heavy atom. The van der Waals surface area contributed by atoms with Gasteiger partial charge in [-0.3, -0.25) is 10.1 Å². The number of hydrogen-bond acceptors (Lipinski definition) is 4. The van der Waals surface area contributed by atoms with Gasteiger partial charge >= 0.3 is 6.03 Å². The standard InChI is InChI=1S/C11H18N4O3/c1-7(2)5-12-10(16)6-13-11(17)14-9-4-8(3)18-15-9/h4,7H,5-6H2,1-3H3,(H,12,16)(H2,13,14,15,17). The Morgan fingerprint density at radius 2 is 2.11 bits per heavy atom. The topological polar surface area (TPSA) is 96.3 Å². The average molecular weight is 254 g/mol. The van der Waals surface area contributed by atoms with E-state index in [0.29, 0.717) is 24.0 Å². The average Bonchev–Trinajstić information content (AvgIpc) is 2.69. The van der Waals surface area contributed by atoms with Crippen LogP contribution in [0.2, 0.25) is 0 Å². The Labute approximate surface area is 105 Å². The lowest BCUT2D eigenvalue weighted by atomic mass is 10.2. The third-order valence-electron chi connectivity index (χ3n) is 1.99. The molecule has 0 atom stereocenters. The first-order valence-corrected chi connectivity index (χ1v) is 5.72. The fourth-order valence-corrected chi connectivity index (χ4v) is 1.13. The Kier molecular flexibility index (Phi) is 5.16. The molecule has 0 radical (unpaired) electrons. The number of hydrogen-bond donors (Lipinski definition) is 3. The van der Waals surface area contributed by atoms with E-state index in [1.165, 1.54) is 0 Å². The third-order valence-corrected chi connectivity index (χ3v) is 1.99. The first-order chi connectivity index (χ1) is 8.47. The molecule has 3 N–H and O–H groups in total. The predicted molar refractivity (Wildman–Crippen MR) is 66.1 cm³/mol. The van der Waals surface area contributed by atoms with Crippen molar-refractivity contribution in [3.8, 4) is 0 Å². The number of amides is 3. The van der Waals surface area contributed by atoms with Crippen LogP contribution in [0.5, 0.6) is 0 Å². The van der Waals surface area contributed by atoms with E-state index in [2.05, 4.69) is 21.1 Å². The minimum absolute atomic E-state index is 0.0740. The van der Waals surface area contributed by atoms with Crippen molar-refractivity contribution in [3.05, 3.63) is 11.8 Å². The smallest absolute Gasteiger partial charge is 0.320 e. The van der Waals surface area contributed by atoms with Crippen LogP contribution in [0.25, 0.3) is 0 Å².